The molecule has 1 rings (SSSR count). The van der Waals surface area contributed by atoms with E-state index >= 15 is 0 Å². The minimum Gasteiger partial charge on any atom is -0.412 e. The lowest BCUT2D eigenvalue weighted by molar-refractivity contribution is 0.556. The van der Waals surface area contributed by atoms with Gasteiger partial charge in [0.05, 0.1) is 0 Å². The minimum atomic E-state index is 0. The summed E-state index contributed by atoms with van der Waals surface area (Å²) in [6, 6.07) is 4.71. The minimum absolute atomic E-state index is 0. The molecule has 0 amide bonds. The molecule has 23 heavy (non-hydrogen) atoms. The molecule has 1 nitrogen and oxygen atoms in total. The van der Waals surface area contributed by atoms with E-state index in [0.717, 1.165) is 6.42 Å². The molecule has 0 aliphatic carbocycles. The van der Waals surface area contributed by atoms with Crippen LogP contribution < -0.4 is 0 Å². The number of hydrogen-bond donors (Lipinski definition) is 0. The highest BCUT2D eigenvalue weighted by atomic mass is 16.0. The topological polar surface area (TPSA) is 31.5 Å². The Bertz CT molecular complexity index is 409. The summed E-state index contributed by atoms with van der Waals surface area (Å²) >= 11 is 0. The van der Waals surface area contributed by atoms with Crippen molar-refractivity contribution in [3.8, 4) is 0 Å². The van der Waals surface area contributed by atoms with Gasteiger partial charge in [-0.3, -0.25) is 0 Å². The Morgan fingerprint density at radius 1 is 0.609 bits per heavy atom. The van der Waals surface area contributed by atoms with Crippen molar-refractivity contribution in [1.29, 1.82) is 0 Å². The predicted octanol–water partition coefficient (Wildman–Crippen LogP) is 6.50. The quantitative estimate of drug-likeness (QED) is 0.393. The second-order valence-corrected chi connectivity index (χ2v) is 6.92. The zero-order valence-electron chi connectivity index (χ0n) is 16.1. The molecule has 0 saturated carbocycles. The molecule has 134 valence electrons. The van der Waals surface area contributed by atoms with Gasteiger partial charge in [-0.2, -0.15) is 0 Å². The van der Waals surface area contributed by atoms with Gasteiger partial charge in [0.2, 0.25) is 0 Å². The largest absolute Gasteiger partial charge is 0.412 e. The maximum Gasteiger partial charge on any atom is -0.0276 e. The van der Waals surface area contributed by atoms with E-state index in [2.05, 4.69) is 39.8 Å². The van der Waals surface area contributed by atoms with Gasteiger partial charge in [-0.1, -0.05) is 83.8 Å². The predicted molar refractivity (Wildman–Crippen MR) is 104 cm³/mol. The Balaban J connectivity index is 0.00000484. The maximum atomic E-state index is 2.37. The van der Waals surface area contributed by atoms with Crippen molar-refractivity contribution in [1.82, 2.24) is 0 Å². The van der Waals surface area contributed by atoms with Crippen molar-refractivity contribution < 1.29 is 5.48 Å². The molecule has 0 saturated heterocycles. The Kier molecular flexibility index (Phi) is 13.1. The summed E-state index contributed by atoms with van der Waals surface area (Å²) in [5, 5.41) is 0. The van der Waals surface area contributed by atoms with E-state index in [4.69, 9.17) is 0 Å². The number of benzene rings is 1. The van der Waals surface area contributed by atoms with Crippen molar-refractivity contribution >= 4 is 0 Å². The van der Waals surface area contributed by atoms with E-state index in [1.54, 1.807) is 5.56 Å². The van der Waals surface area contributed by atoms with Crippen molar-refractivity contribution in [3.05, 3.63) is 34.4 Å². The van der Waals surface area contributed by atoms with Gasteiger partial charge in [-0.25, -0.2) is 0 Å². The van der Waals surface area contributed by atoms with Crippen molar-refractivity contribution in [2.24, 2.45) is 0 Å². The molecule has 1 heteroatoms. The van der Waals surface area contributed by atoms with E-state index < -0.39 is 0 Å². The number of unbranched alkanes of at least 4 members (excludes halogenated alkanes) is 9. The zero-order valence-corrected chi connectivity index (χ0v) is 16.1. The Labute approximate surface area is 145 Å². The van der Waals surface area contributed by atoms with Gasteiger partial charge >= 0.3 is 0 Å². The third-order valence-electron chi connectivity index (χ3n) is 5.19. The lowest BCUT2D eigenvalue weighted by Gasteiger charge is -2.12. The molecule has 0 heterocycles. The molecule has 0 bridgehead atoms. The van der Waals surface area contributed by atoms with Gasteiger partial charge in [0.1, 0.15) is 0 Å². The standard InChI is InChI=1S/C22H38.H2O/c1-5-7-8-9-10-11-12-13-14-15-16-22-18-17-21(6-2)19(3)20(22)4;/h17-18H,5-16H2,1-4H3;1H2. The van der Waals surface area contributed by atoms with E-state index in [-0.39, 0.29) is 5.48 Å². The third-order valence-corrected chi connectivity index (χ3v) is 5.19. The fourth-order valence-electron chi connectivity index (χ4n) is 3.39. The summed E-state index contributed by atoms with van der Waals surface area (Å²) in [5.74, 6) is 0. The van der Waals surface area contributed by atoms with Crippen LogP contribution in [0.4, 0.5) is 0 Å². The Hall–Kier alpha value is -0.820. The summed E-state index contributed by atoms with van der Waals surface area (Å²) in [4.78, 5) is 0. The van der Waals surface area contributed by atoms with E-state index in [1.165, 1.54) is 87.3 Å². The number of rotatable bonds is 12. The van der Waals surface area contributed by atoms with Crippen LogP contribution in [0.25, 0.3) is 0 Å². The summed E-state index contributed by atoms with van der Waals surface area (Å²) < 4.78 is 0. The first-order valence-electron chi connectivity index (χ1n) is 9.78. The first-order valence-corrected chi connectivity index (χ1v) is 9.78. The summed E-state index contributed by atoms with van der Waals surface area (Å²) in [7, 11) is 0. The van der Waals surface area contributed by atoms with Crippen molar-refractivity contribution in [2.45, 2.75) is 105 Å². The molecular weight excluding hydrogens is 280 g/mol. The molecule has 1 aromatic carbocycles. The molecule has 0 radical (unpaired) electrons. The highest BCUT2D eigenvalue weighted by Crippen LogP contribution is 2.20. The third kappa shape index (κ3) is 8.55. The molecule has 0 fully saturated rings. The first kappa shape index (κ1) is 22.2. The van der Waals surface area contributed by atoms with Gasteiger partial charge < -0.3 is 5.48 Å². The fraction of sp³-hybridized carbons (Fsp3) is 0.727. The molecule has 1 aromatic rings. The summed E-state index contributed by atoms with van der Waals surface area (Å²) in [5.41, 5.74) is 6.15. The highest BCUT2D eigenvalue weighted by Gasteiger charge is 2.05. The van der Waals surface area contributed by atoms with Gasteiger partial charge in [-0.15, -0.1) is 0 Å². The van der Waals surface area contributed by atoms with E-state index in [1.807, 2.05) is 0 Å². The van der Waals surface area contributed by atoms with Crippen molar-refractivity contribution in [3.63, 3.8) is 0 Å². The van der Waals surface area contributed by atoms with Gasteiger partial charge in [0.15, 0.2) is 0 Å². The van der Waals surface area contributed by atoms with Crippen molar-refractivity contribution in [2.75, 3.05) is 0 Å². The van der Waals surface area contributed by atoms with Crippen LogP contribution in [0.2, 0.25) is 0 Å². The van der Waals surface area contributed by atoms with Crippen LogP contribution in [0, 0.1) is 13.8 Å². The SMILES string of the molecule is CCCCCCCCCCCCc1ccc(CC)c(C)c1C.O. The fourth-order valence-corrected chi connectivity index (χ4v) is 3.39. The molecular formula is C22H40O. The Morgan fingerprint density at radius 2 is 1.04 bits per heavy atom. The zero-order chi connectivity index (χ0) is 16.2. The van der Waals surface area contributed by atoms with Gasteiger partial charge in [-0.05, 0) is 55.4 Å². The van der Waals surface area contributed by atoms with Crippen LogP contribution in [0.3, 0.4) is 0 Å². The highest BCUT2D eigenvalue weighted by molar-refractivity contribution is 5.39. The summed E-state index contributed by atoms with van der Waals surface area (Å²) in [6.45, 7) is 9.14. The van der Waals surface area contributed by atoms with Crippen LogP contribution in [-0.4, -0.2) is 5.48 Å². The van der Waals surface area contributed by atoms with Crippen LogP contribution in [0.15, 0.2) is 12.1 Å². The molecule has 0 aliphatic rings. The smallest absolute Gasteiger partial charge is 0.0276 e. The monoisotopic (exact) mass is 320 g/mol. The van der Waals surface area contributed by atoms with Gasteiger partial charge in [0.25, 0.3) is 0 Å². The number of aryl methyl sites for hydroxylation is 2. The summed E-state index contributed by atoms with van der Waals surface area (Å²) in [6.07, 6.45) is 16.7. The number of hydrogen-bond acceptors (Lipinski definition) is 0. The average molecular weight is 321 g/mol. The molecule has 0 aliphatic heterocycles. The molecule has 0 atom stereocenters. The molecule has 0 unspecified atom stereocenters. The van der Waals surface area contributed by atoms with E-state index in [9.17, 15) is 0 Å². The lowest BCUT2D eigenvalue weighted by Crippen LogP contribution is -1.97. The van der Waals surface area contributed by atoms with Crippen LogP contribution in [0.5, 0.6) is 0 Å². The van der Waals surface area contributed by atoms with Gasteiger partial charge in [0, 0.05) is 0 Å². The van der Waals surface area contributed by atoms with Crippen LogP contribution >= 0.6 is 0 Å². The average Bonchev–Trinajstić information content (AvgIpc) is 2.53. The van der Waals surface area contributed by atoms with Crippen LogP contribution in [0.1, 0.15) is 100 Å². The van der Waals surface area contributed by atoms with Crippen LogP contribution in [-0.2, 0) is 12.8 Å². The molecule has 0 spiro atoms. The van der Waals surface area contributed by atoms with E-state index in [0.29, 0.717) is 0 Å². The normalized spacial score (nSPS) is 10.6. The molecule has 0 aromatic heterocycles. The molecule has 2 N–H and O–H groups in total. The lowest BCUT2D eigenvalue weighted by atomic mass is 9.93. The second-order valence-electron chi connectivity index (χ2n) is 6.92. The maximum absolute atomic E-state index is 2.37. The second kappa shape index (κ2) is 13.6. The Morgan fingerprint density at radius 3 is 1.57 bits per heavy atom. The first-order chi connectivity index (χ1) is 10.7.